The van der Waals surface area contributed by atoms with Gasteiger partial charge in [-0.05, 0) is 36.1 Å². The van der Waals surface area contributed by atoms with Crippen LogP contribution in [0.5, 0.6) is 0 Å². The van der Waals surface area contributed by atoms with Gasteiger partial charge in [0.05, 0.1) is 18.2 Å². The second kappa shape index (κ2) is 11.9. The number of aliphatic hydroxyl groups is 1. The lowest BCUT2D eigenvalue weighted by Gasteiger charge is -2.41. The van der Waals surface area contributed by atoms with Crippen LogP contribution < -0.4 is 0 Å². The van der Waals surface area contributed by atoms with Crippen molar-refractivity contribution in [2.45, 2.75) is 52.4 Å². The summed E-state index contributed by atoms with van der Waals surface area (Å²) in [5, 5.41) is 19.7. The molecule has 220 valence electrons. The molecular formula is C30H34F3N3O5. The second-order valence-corrected chi connectivity index (χ2v) is 11.5. The van der Waals surface area contributed by atoms with Crippen LogP contribution in [0.3, 0.4) is 0 Å². The Morgan fingerprint density at radius 1 is 1.15 bits per heavy atom. The number of benzene rings is 2. The SMILES string of the molecule is C[C@H](O)C(=O)N(CC1CN(C(=O)O)CC1F)[C@@H](c1nc(-c2cc(F)ccc2F)oc1Cc1ccccc1)C(C)(C)C. The van der Waals surface area contributed by atoms with Crippen LogP contribution in [0.25, 0.3) is 11.5 Å². The zero-order valence-corrected chi connectivity index (χ0v) is 23.4. The molecule has 0 aliphatic carbocycles. The van der Waals surface area contributed by atoms with Gasteiger partial charge in [-0.2, -0.15) is 0 Å². The quantitative estimate of drug-likeness (QED) is 0.371. The maximum atomic E-state index is 15.0. The molecule has 1 fully saturated rings. The first-order chi connectivity index (χ1) is 19.3. The van der Waals surface area contributed by atoms with E-state index in [1.165, 1.54) is 11.8 Å². The number of hydrogen-bond donors (Lipinski definition) is 2. The summed E-state index contributed by atoms with van der Waals surface area (Å²) in [7, 11) is 0. The topological polar surface area (TPSA) is 107 Å². The van der Waals surface area contributed by atoms with Crippen LogP contribution in [0, 0.1) is 23.0 Å². The molecule has 4 atom stereocenters. The van der Waals surface area contributed by atoms with Crippen molar-refractivity contribution >= 4 is 12.0 Å². The number of alkyl halides is 1. The summed E-state index contributed by atoms with van der Waals surface area (Å²) in [4.78, 5) is 31.9. The van der Waals surface area contributed by atoms with E-state index in [1.54, 1.807) is 0 Å². The van der Waals surface area contributed by atoms with Crippen LogP contribution in [0.1, 0.15) is 50.8 Å². The molecule has 41 heavy (non-hydrogen) atoms. The summed E-state index contributed by atoms with van der Waals surface area (Å²) < 4.78 is 50.0. The Balaban J connectivity index is 1.86. The first-order valence-corrected chi connectivity index (χ1v) is 13.4. The normalized spacial score (nSPS) is 18.8. The number of carboxylic acid groups (broad SMARTS) is 1. The summed E-state index contributed by atoms with van der Waals surface area (Å²) in [6, 6.07) is 11.2. The zero-order valence-electron chi connectivity index (χ0n) is 23.4. The standard InChI is InChI=1S/C30H34F3N3O5/c1-17(37)28(38)36(15-19-14-35(29(39)40)16-23(19)33)26(30(2,3)4)25-24(12-18-8-6-5-7-9-18)41-27(34-25)21-13-20(31)10-11-22(21)32/h5-11,13,17,19,23,26,37H,12,14-16H2,1-4H3,(H,39,40)/t17-,19?,23?,26-/m0/s1. The van der Waals surface area contributed by atoms with Crippen molar-refractivity contribution in [1.29, 1.82) is 0 Å². The van der Waals surface area contributed by atoms with Gasteiger partial charge in [-0.15, -0.1) is 0 Å². The highest BCUT2D eigenvalue weighted by atomic mass is 19.1. The third-order valence-corrected chi connectivity index (χ3v) is 7.19. The van der Waals surface area contributed by atoms with E-state index in [2.05, 4.69) is 4.98 Å². The van der Waals surface area contributed by atoms with Crippen LogP contribution in [0.2, 0.25) is 0 Å². The number of amides is 2. The highest BCUT2D eigenvalue weighted by molar-refractivity contribution is 5.81. The minimum atomic E-state index is -1.53. The molecule has 1 aliphatic heterocycles. The Hall–Kier alpha value is -3.86. The summed E-state index contributed by atoms with van der Waals surface area (Å²) >= 11 is 0. The van der Waals surface area contributed by atoms with Crippen LogP contribution in [0.4, 0.5) is 18.0 Å². The fourth-order valence-corrected chi connectivity index (χ4v) is 5.26. The molecule has 0 saturated carbocycles. The van der Waals surface area contributed by atoms with Crippen molar-refractivity contribution in [2.75, 3.05) is 19.6 Å². The Kier molecular flexibility index (Phi) is 8.77. The minimum absolute atomic E-state index is 0.133. The van der Waals surface area contributed by atoms with Gasteiger partial charge < -0.3 is 24.4 Å². The molecular weight excluding hydrogens is 539 g/mol. The Morgan fingerprint density at radius 3 is 2.41 bits per heavy atom. The average molecular weight is 574 g/mol. The summed E-state index contributed by atoms with van der Waals surface area (Å²) in [6.07, 6.45) is -4.06. The van der Waals surface area contributed by atoms with E-state index in [9.17, 15) is 28.6 Å². The van der Waals surface area contributed by atoms with Gasteiger partial charge in [-0.25, -0.2) is 22.9 Å². The van der Waals surface area contributed by atoms with Crippen molar-refractivity contribution < 1.29 is 37.4 Å². The number of likely N-dealkylation sites (tertiary alicyclic amines) is 1. The number of carbonyl (C=O) groups is 2. The Bertz CT molecular complexity index is 1390. The van der Waals surface area contributed by atoms with Crippen LogP contribution >= 0.6 is 0 Å². The molecule has 0 spiro atoms. The molecule has 2 unspecified atom stereocenters. The van der Waals surface area contributed by atoms with E-state index in [4.69, 9.17) is 4.42 Å². The number of aromatic nitrogens is 1. The number of nitrogens with zero attached hydrogens (tertiary/aromatic N) is 3. The maximum absolute atomic E-state index is 15.0. The molecule has 4 rings (SSSR count). The Labute approximate surface area is 236 Å². The lowest BCUT2D eigenvalue weighted by Crippen LogP contribution is -2.48. The first-order valence-electron chi connectivity index (χ1n) is 13.4. The van der Waals surface area contributed by atoms with Gasteiger partial charge in [0.1, 0.15) is 35.4 Å². The lowest BCUT2D eigenvalue weighted by atomic mass is 9.81. The van der Waals surface area contributed by atoms with E-state index in [1.807, 2.05) is 51.1 Å². The van der Waals surface area contributed by atoms with Gasteiger partial charge in [0.15, 0.2) is 0 Å². The first kappa shape index (κ1) is 30.1. The molecule has 2 aromatic carbocycles. The molecule has 1 saturated heterocycles. The van der Waals surface area contributed by atoms with E-state index in [0.717, 1.165) is 28.7 Å². The molecule has 2 amide bonds. The molecule has 11 heteroatoms. The predicted octanol–water partition coefficient (Wildman–Crippen LogP) is 5.46. The molecule has 8 nitrogen and oxygen atoms in total. The molecule has 2 N–H and O–H groups in total. The van der Waals surface area contributed by atoms with Gasteiger partial charge in [0.2, 0.25) is 5.89 Å². The fourth-order valence-electron chi connectivity index (χ4n) is 5.26. The number of oxazole rings is 1. The van der Waals surface area contributed by atoms with Gasteiger partial charge in [-0.3, -0.25) is 4.79 Å². The van der Waals surface area contributed by atoms with Crippen molar-refractivity contribution in [3.05, 3.63) is 77.2 Å². The lowest BCUT2D eigenvalue weighted by molar-refractivity contribution is -0.145. The third-order valence-electron chi connectivity index (χ3n) is 7.19. The summed E-state index contributed by atoms with van der Waals surface area (Å²) in [5.74, 6) is -2.92. The zero-order chi connectivity index (χ0) is 30.1. The van der Waals surface area contributed by atoms with Gasteiger partial charge in [-0.1, -0.05) is 51.1 Å². The van der Waals surface area contributed by atoms with Crippen molar-refractivity contribution in [1.82, 2.24) is 14.8 Å². The molecule has 1 aliphatic rings. The van der Waals surface area contributed by atoms with E-state index in [0.29, 0.717) is 0 Å². The Morgan fingerprint density at radius 2 is 1.83 bits per heavy atom. The highest BCUT2D eigenvalue weighted by Gasteiger charge is 2.44. The van der Waals surface area contributed by atoms with E-state index in [-0.39, 0.29) is 49.0 Å². The predicted molar refractivity (Wildman–Crippen MR) is 145 cm³/mol. The minimum Gasteiger partial charge on any atom is -0.465 e. The number of rotatable bonds is 8. The second-order valence-electron chi connectivity index (χ2n) is 11.5. The number of carbonyl (C=O) groups excluding carboxylic acids is 1. The molecule has 0 radical (unpaired) electrons. The third kappa shape index (κ3) is 6.73. The van der Waals surface area contributed by atoms with Crippen LogP contribution in [-0.4, -0.2) is 68.9 Å². The number of halogens is 3. The van der Waals surface area contributed by atoms with E-state index >= 15 is 4.39 Å². The van der Waals surface area contributed by atoms with Crippen molar-refractivity contribution in [3.63, 3.8) is 0 Å². The van der Waals surface area contributed by atoms with E-state index < -0.39 is 53.3 Å². The summed E-state index contributed by atoms with van der Waals surface area (Å²) in [6.45, 7) is 6.10. The van der Waals surface area contributed by atoms with Crippen molar-refractivity contribution in [2.24, 2.45) is 11.3 Å². The number of hydrogen-bond acceptors (Lipinski definition) is 5. The smallest absolute Gasteiger partial charge is 0.407 e. The average Bonchev–Trinajstić information content (AvgIpc) is 3.47. The molecule has 0 bridgehead atoms. The van der Waals surface area contributed by atoms with Gasteiger partial charge >= 0.3 is 6.09 Å². The van der Waals surface area contributed by atoms with Gasteiger partial charge in [0.25, 0.3) is 5.91 Å². The van der Waals surface area contributed by atoms with Gasteiger partial charge in [0, 0.05) is 25.4 Å². The highest BCUT2D eigenvalue weighted by Crippen LogP contribution is 2.42. The van der Waals surface area contributed by atoms with Crippen molar-refractivity contribution in [3.8, 4) is 11.5 Å². The molecule has 3 aromatic rings. The largest absolute Gasteiger partial charge is 0.465 e. The monoisotopic (exact) mass is 573 g/mol. The van der Waals surface area contributed by atoms with Crippen LogP contribution in [-0.2, 0) is 11.2 Å². The van der Waals surface area contributed by atoms with Crippen LogP contribution in [0.15, 0.2) is 52.9 Å². The molecule has 2 heterocycles. The summed E-state index contributed by atoms with van der Waals surface area (Å²) in [5.41, 5.74) is 0.0939. The maximum Gasteiger partial charge on any atom is 0.407 e. The fraction of sp³-hybridized carbons (Fsp3) is 0.433. The number of aliphatic hydroxyl groups excluding tert-OH is 1. The molecule has 1 aromatic heterocycles.